The van der Waals surface area contributed by atoms with Gasteiger partial charge in [-0.2, -0.15) is 4.98 Å². The molecule has 4 rings (SSSR count). The van der Waals surface area contributed by atoms with Gasteiger partial charge in [0.1, 0.15) is 11.6 Å². The Kier molecular flexibility index (Phi) is 5.21. The van der Waals surface area contributed by atoms with Gasteiger partial charge in [-0.3, -0.25) is 4.79 Å². The van der Waals surface area contributed by atoms with Crippen molar-refractivity contribution >= 4 is 11.6 Å². The molecule has 30 heavy (non-hydrogen) atoms. The highest BCUT2D eigenvalue weighted by Gasteiger charge is 2.15. The van der Waals surface area contributed by atoms with E-state index in [1.54, 1.807) is 36.4 Å². The minimum atomic E-state index is -0.495. The summed E-state index contributed by atoms with van der Waals surface area (Å²) in [5, 5.41) is 7.02. The number of hydrogen-bond acceptors (Lipinski definition) is 4. The SMILES string of the molecule is COc1nc(-c2cccc(F)c2)n(-c2cccc(NC(=O)c3cccc(F)c3)c2)n1. The molecule has 1 aromatic heterocycles. The summed E-state index contributed by atoms with van der Waals surface area (Å²) in [6, 6.07) is 18.3. The number of benzene rings is 3. The van der Waals surface area contributed by atoms with Gasteiger partial charge >= 0.3 is 6.01 Å². The Morgan fingerprint density at radius 3 is 2.43 bits per heavy atom. The molecule has 0 aliphatic carbocycles. The van der Waals surface area contributed by atoms with Crippen LogP contribution in [0.5, 0.6) is 6.01 Å². The summed E-state index contributed by atoms with van der Waals surface area (Å²) in [4.78, 5) is 16.7. The molecular formula is C22H16F2N4O2. The molecule has 1 heterocycles. The Morgan fingerprint density at radius 1 is 0.967 bits per heavy atom. The summed E-state index contributed by atoms with van der Waals surface area (Å²) < 4.78 is 33.7. The lowest BCUT2D eigenvalue weighted by atomic mass is 10.2. The highest BCUT2D eigenvalue weighted by molar-refractivity contribution is 6.04. The lowest BCUT2D eigenvalue weighted by Crippen LogP contribution is -2.12. The van der Waals surface area contributed by atoms with Crippen LogP contribution in [0.1, 0.15) is 10.4 Å². The number of ether oxygens (including phenoxy) is 1. The van der Waals surface area contributed by atoms with Gasteiger partial charge in [-0.1, -0.05) is 24.3 Å². The van der Waals surface area contributed by atoms with Crippen LogP contribution in [0.4, 0.5) is 14.5 Å². The second-order valence-electron chi connectivity index (χ2n) is 6.36. The van der Waals surface area contributed by atoms with E-state index >= 15 is 0 Å². The molecule has 0 spiro atoms. The molecule has 4 aromatic rings. The van der Waals surface area contributed by atoms with Crippen molar-refractivity contribution in [3.63, 3.8) is 0 Å². The third-order valence-electron chi connectivity index (χ3n) is 4.29. The average Bonchev–Trinajstić information content (AvgIpc) is 3.19. The van der Waals surface area contributed by atoms with Crippen LogP contribution in [-0.2, 0) is 0 Å². The number of methoxy groups -OCH3 is 1. The van der Waals surface area contributed by atoms with Crippen LogP contribution in [0.25, 0.3) is 17.1 Å². The Bertz CT molecular complexity index is 1220. The molecule has 0 atom stereocenters. The fourth-order valence-corrected chi connectivity index (χ4v) is 2.92. The maximum absolute atomic E-state index is 13.7. The molecule has 1 N–H and O–H groups in total. The number of anilines is 1. The normalized spacial score (nSPS) is 10.6. The molecule has 6 nitrogen and oxygen atoms in total. The Hall–Kier alpha value is -4.07. The van der Waals surface area contributed by atoms with Gasteiger partial charge in [0.25, 0.3) is 5.91 Å². The van der Waals surface area contributed by atoms with Crippen LogP contribution >= 0.6 is 0 Å². The fourth-order valence-electron chi connectivity index (χ4n) is 2.92. The molecular weight excluding hydrogens is 390 g/mol. The molecule has 150 valence electrons. The average molecular weight is 406 g/mol. The molecule has 0 fully saturated rings. The second kappa shape index (κ2) is 8.12. The molecule has 0 radical (unpaired) electrons. The van der Waals surface area contributed by atoms with Gasteiger partial charge in [0.2, 0.25) is 0 Å². The molecule has 0 saturated carbocycles. The van der Waals surface area contributed by atoms with E-state index in [4.69, 9.17) is 4.74 Å². The summed E-state index contributed by atoms with van der Waals surface area (Å²) >= 11 is 0. The lowest BCUT2D eigenvalue weighted by Gasteiger charge is -2.09. The van der Waals surface area contributed by atoms with Crippen molar-refractivity contribution in [2.24, 2.45) is 0 Å². The van der Waals surface area contributed by atoms with E-state index in [2.05, 4.69) is 15.4 Å². The molecule has 0 aliphatic rings. The molecule has 1 amide bonds. The number of hydrogen-bond donors (Lipinski definition) is 1. The van der Waals surface area contributed by atoms with E-state index in [0.29, 0.717) is 22.8 Å². The zero-order valence-corrected chi connectivity index (χ0v) is 15.8. The van der Waals surface area contributed by atoms with Crippen molar-refractivity contribution in [2.75, 3.05) is 12.4 Å². The van der Waals surface area contributed by atoms with E-state index < -0.39 is 17.5 Å². The van der Waals surface area contributed by atoms with Crippen LogP contribution in [0.3, 0.4) is 0 Å². The van der Waals surface area contributed by atoms with Crippen molar-refractivity contribution in [2.45, 2.75) is 0 Å². The van der Waals surface area contributed by atoms with Crippen molar-refractivity contribution < 1.29 is 18.3 Å². The summed E-state index contributed by atoms with van der Waals surface area (Å²) in [6.45, 7) is 0. The first-order valence-electron chi connectivity index (χ1n) is 8.98. The van der Waals surface area contributed by atoms with Crippen molar-refractivity contribution in [1.29, 1.82) is 0 Å². The van der Waals surface area contributed by atoms with Crippen LogP contribution < -0.4 is 10.1 Å². The third kappa shape index (κ3) is 4.02. The summed E-state index contributed by atoms with van der Waals surface area (Å²) in [5.41, 5.74) is 1.76. The molecule has 0 bridgehead atoms. The highest BCUT2D eigenvalue weighted by Crippen LogP contribution is 2.25. The van der Waals surface area contributed by atoms with Crippen LogP contribution in [-0.4, -0.2) is 27.8 Å². The number of halogens is 2. The maximum Gasteiger partial charge on any atom is 0.336 e. The molecule has 8 heteroatoms. The summed E-state index contributed by atoms with van der Waals surface area (Å²) in [7, 11) is 1.44. The number of aromatic nitrogens is 3. The second-order valence-corrected chi connectivity index (χ2v) is 6.36. The fraction of sp³-hybridized carbons (Fsp3) is 0.0455. The minimum Gasteiger partial charge on any atom is -0.466 e. The number of nitrogens with one attached hydrogen (secondary N) is 1. The van der Waals surface area contributed by atoms with Crippen LogP contribution in [0, 0.1) is 11.6 Å². The van der Waals surface area contributed by atoms with E-state index in [1.807, 2.05) is 0 Å². The Balaban J connectivity index is 1.69. The Morgan fingerprint density at radius 2 is 1.70 bits per heavy atom. The smallest absolute Gasteiger partial charge is 0.336 e. The number of amides is 1. The third-order valence-corrected chi connectivity index (χ3v) is 4.29. The lowest BCUT2D eigenvalue weighted by molar-refractivity contribution is 0.102. The number of carbonyl (C=O) groups excluding carboxylic acids is 1. The van der Waals surface area contributed by atoms with Crippen LogP contribution in [0.15, 0.2) is 72.8 Å². The van der Waals surface area contributed by atoms with Crippen molar-refractivity contribution in [1.82, 2.24) is 14.8 Å². The number of carbonyl (C=O) groups is 1. The van der Waals surface area contributed by atoms with Gasteiger partial charge in [0, 0.05) is 16.8 Å². The van der Waals surface area contributed by atoms with Gasteiger partial charge in [0.15, 0.2) is 5.82 Å². The van der Waals surface area contributed by atoms with E-state index in [-0.39, 0.29) is 11.6 Å². The van der Waals surface area contributed by atoms with Crippen molar-refractivity contribution in [3.05, 3.63) is 90.0 Å². The standard InChI is InChI=1S/C22H16F2N4O2/c1-30-22-26-20(14-5-2-7-16(23)11-14)28(27-22)19-10-4-9-18(13-19)25-21(29)15-6-3-8-17(24)12-15/h2-13H,1H3,(H,25,29). The summed E-state index contributed by atoms with van der Waals surface area (Å²) in [6.07, 6.45) is 0. The maximum atomic E-state index is 13.7. The van der Waals surface area contributed by atoms with E-state index in [0.717, 1.165) is 6.07 Å². The van der Waals surface area contributed by atoms with E-state index in [9.17, 15) is 13.6 Å². The summed E-state index contributed by atoms with van der Waals surface area (Å²) in [5.74, 6) is -0.976. The van der Waals surface area contributed by atoms with Crippen LogP contribution in [0.2, 0.25) is 0 Å². The van der Waals surface area contributed by atoms with Gasteiger partial charge in [0.05, 0.1) is 12.8 Å². The minimum absolute atomic E-state index is 0.114. The first-order chi connectivity index (χ1) is 14.5. The topological polar surface area (TPSA) is 69.0 Å². The molecule has 0 aliphatic heterocycles. The largest absolute Gasteiger partial charge is 0.466 e. The monoisotopic (exact) mass is 406 g/mol. The van der Waals surface area contributed by atoms with Gasteiger partial charge in [-0.05, 0) is 48.5 Å². The molecule has 3 aromatic carbocycles. The van der Waals surface area contributed by atoms with E-state index in [1.165, 1.54) is 42.1 Å². The number of nitrogens with zero attached hydrogens (tertiary/aromatic N) is 3. The predicted octanol–water partition coefficient (Wildman–Crippen LogP) is 4.47. The van der Waals surface area contributed by atoms with Gasteiger partial charge < -0.3 is 10.1 Å². The predicted molar refractivity (Wildman–Crippen MR) is 108 cm³/mol. The zero-order valence-electron chi connectivity index (χ0n) is 15.8. The molecule has 0 unspecified atom stereocenters. The zero-order chi connectivity index (χ0) is 21.1. The van der Waals surface area contributed by atoms with Gasteiger partial charge in [-0.15, -0.1) is 5.10 Å². The number of rotatable bonds is 5. The first kappa shape index (κ1) is 19.3. The quantitative estimate of drug-likeness (QED) is 0.531. The van der Waals surface area contributed by atoms with Crippen molar-refractivity contribution in [3.8, 4) is 23.1 Å². The highest BCUT2D eigenvalue weighted by atomic mass is 19.1. The Labute approximate surface area is 170 Å². The molecule has 0 saturated heterocycles. The van der Waals surface area contributed by atoms with Gasteiger partial charge in [-0.25, -0.2) is 13.5 Å². The first-order valence-corrected chi connectivity index (χ1v) is 8.98.